The number of hydrogen-bond acceptors (Lipinski definition) is 5. The van der Waals surface area contributed by atoms with Crippen LogP contribution in [-0.4, -0.2) is 23.5 Å². The molecule has 0 saturated heterocycles. The van der Waals surface area contributed by atoms with Gasteiger partial charge in [-0.1, -0.05) is 19.1 Å². The van der Waals surface area contributed by atoms with Crippen molar-refractivity contribution in [3.05, 3.63) is 54.0 Å². The van der Waals surface area contributed by atoms with E-state index in [2.05, 4.69) is 23.1 Å². The second-order valence-corrected chi connectivity index (χ2v) is 5.13. The molecule has 0 unspecified atom stereocenters. The lowest BCUT2D eigenvalue weighted by atomic mass is 10.2. The highest BCUT2D eigenvalue weighted by Crippen LogP contribution is 2.12. The van der Waals surface area contributed by atoms with Gasteiger partial charge in [-0.2, -0.15) is 0 Å². The van der Waals surface area contributed by atoms with Crippen molar-refractivity contribution in [3.8, 4) is 5.75 Å². The number of ether oxygens (including phenoxy) is 1. The van der Waals surface area contributed by atoms with Crippen molar-refractivity contribution in [3.63, 3.8) is 0 Å². The van der Waals surface area contributed by atoms with Crippen LogP contribution in [-0.2, 0) is 11.2 Å². The molecule has 0 bridgehead atoms. The molecule has 0 saturated carbocycles. The second kappa shape index (κ2) is 8.68. The summed E-state index contributed by atoms with van der Waals surface area (Å²) < 4.78 is 10.3. The van der Waals surface area contributed by atoms with Crippen LogP contribution < -0.4 is 20.9 Å². The number of carbonyl (C=O) groups excluding carboxylic acids is 2. The Labute approximate surface area is 144 Å². The van der Waals surface area contributed by atoms with Crippen LogP contribution in [0.5, 0.6) is 5.75 Å². The molecule has 24 heavy (non-hydrogen) atoms. The van der Waals surface area contributed by atoms with E-state index >= 15 is 0 Å². The van der Waals surface area contributed by atoms with Crippen LogP contribution >= 0.6 is 12.2 Å². The van der Waals surface area contributed by atoms with Gasteiger partial charge >= 0.3 is 0 Å². The third kappa shape index (κ3) is 5.40. The molecular formula is C16H17N3O4S. The highest BCUT2D eigenvalue weighted by Gasteiger charge is 2.10. The summed E-state index contributed by atoms with van der Waals surface area (Å²) in [6, 6.07) is 10.5. The van der Waals surface area contributed by atoms with E-state index in [1.54, 1.807) is 18.2 Å². The summed E-state index contributed by atoms with van der Waals surface area (Å²) in [7, 11) is 0. The van der Waals surface area contributed by atoms with Gasteiger partial charge in [0, 0.05) is 0 Å². The molecular weight excluding hydrogens is 330 g/mol. The van der Waals surface area contributed by atoms with Gasteiger partial charge in [0.05, 0.1) is 6.26 Å². The summed E-state index contributed by atoms with van der Waals surface area (Å²) in [5.41, 5.74) is 5.92. The first-order valence-electron chi connectivity index (χ1n) is 7.24. The Balaban J connectivity index is 1.68. The maximum absolute atomic E-state index is 11.7. The second-order valence-electron chi connectivity index (χ2n) is 4.72. The van der Waals surface area contributed by atoms with Gasteiger partial charge in [-0.05, 0) is 48.5 Å². The van der Waals surface area contributed by atoms with Crippen molar-refractivity contribution in [2.45, 2.75) is 13.3 Å². The predicted molar refractivity (Wildman–Crippen MR) is 91.4 cm³/mol. The average Bonchev–Trinajstić information content (AvgIpc) is 3.13. The van der Waals surface area contributed by atoms with Gasteiger partial charge in [0.25, 0.3) is 11.8 Å². The number of rotatable bonds is 5. The Morgan fingerprint density at radius 3 is 2.54 bits per heavy atom. The molecule has 1 heterocycles. The Morgan fingerprint density at radius 2 is 1.92 bits per heavy atom. The summed E-state index contributed by atoms with van der Waals surface area (Å²) in [4.78, 5) is 23.3. The quantitative estimate of drug-likeness (QED) is 0.561. The fourth-order valence-electron chi connectivity index (χ4n) is 1.74. The van der Waals surface area contributed by atoms with Crippen molar-refractivity contribution in [1.29, 1.82) is 0 Å². The highest BCUT2D eigenvalue weighted by molar-refractivity contribution is 7.80. The molecule has 2 rings (SSSR count). The van der Waals surface area contributed by atoms with E-state index in [9.17, 15) is 9.59 Å². The number of thiocarbonyl (C=S) groups is 1. The van der Waals surface area contributed by atoms with E-state index in [-0.39, 0.29) is 17.5 Å². The number of benzene rings is 1. The molecule has 0 aliphatic carbocycles. The van der Waals surface area contributed by atoms with E-state index in [0.717, 1.165) is 6.42 Å². The minimum atomic E-state index is -0.515. The number of furan rings is 1. The van der Waals surface area contributed by atoms with Gasteiger partial charge in [0.2, 0.25) is 0 Å². The molecule has 7 nitrogen and oxygen atoms in total. The Hall–Kier alpha value is -2.87. The summed E-state index contributed by atoms with van der Waals surface area (Å²) in [5, 5.41) is 2.30. The zero-order valence-electron chi connectivity index (χ0n) is 13.0. The molecule has 0 aliphatic rings. The number of hydrogen-bond donors (Lipinski definition) is 3. The van der Waals surface area contributed by atoms with Gasteiger partial charge in [0.1, 0.15) is 5.75 Å². The Bertz CT molecular complexity index is 699. The fourth-order valence-corrected chi connectivity index (χ4v) is 1.88. The van der Waals surface area contributed by atoms with Gasteiger partial charge in [-0.25, -0.2) is 0 Å². The summed E-state index contributed by atoms with van der Waals surface area (Å²) >= 11 is 4.89. The number of nitrogens with one attached hydrogen (secondary N) is 3. The molecule has 0 aliphatic heterocycles. The molecule has 0 fully saturated rings. The first-order valence-corrected chi connectivity index (χ1v) is 7.64. The predicted octanol–water partition coefficient (Wildman–Crippen LogP) is 1.56. The monoisotopic (exact) mass is 347 g/mol. The van der Waals surface area contributed by atoms with Crippen LogP contribution in [0, 0.1) is 0 Å². The minimum absolute atomic E-state index is 0.0583. The van der Waals surface area contributed by atoms with Crippen molar-refractivity contribution in [1.82, 2.24) is 16.2 Å². The number of aryl methyl sites for hydroxylation is 1. The molecule has 1 aromatic carbocycles. The number of carbonyl (C=O) groups is 2. The lowest BCUT2D eigenvalue weighted by Gasteiger charge is -2.11. The summed E-state index contributed by atoms with van der Waals surface area (Å²) in [5.74, 6) is -0.247. The zero-order chi connectivity index (χ0) is 17.4. The van der Waals surface area contributed by atoms with Crippen LogP contribution in [0.1, 0.15) is 23.0 Å². The largest absolute Gasteiger partial charge is 0.484 e. The first kappa shape index (κ1) is 17.5. The van der Waals surface area contributed by atoms with Crippen molar-refractivity contribution >= 4 is 29.1 Å². The molecule has 2 amide bonds. The zero-order valence-corrected chi connectivity index (χ0v) is 13.8. The van der Waals surface area contributed by atoms with Gasteiger partial charge in [-0.15, -0.1) is 0 Å². The topological polar surface area (TPSA) is 92.6 Å². The third-order valence-electron chi connectivity index (χ3n) is 2.99. The fraction of sp³-hybridized carbons (Fsp3) is 0.188. The molecule has 2 aromatic rings. The lowest BCUT2D eigenvalue weighted by molar-refractivity contribution is -0.123. The summed E-state index contributed by atoms with van der Waals surface area (Å²) in [6.45, 7) is 1.87. The number of hydrazine groups is 1. The maximum Gasteiger partial charge on any atom is 0.293 e. The van der Waals surface area contributed by atoms with Gasteiger partial charge < -0.3 is 9.15 Å². The Kier molecular flexibility index (Phi) is 6.32. The molecule has 3 N–H and O–H groups in total. The van der Waals surface area contributed by atoms with Crippen LogP contribution in [0.4, 0.5) is 0 Å². The lowest BCUT2D eigenvalue weighted by Crippen LogP contribution is -2.49. The van der Waals surface area contributed by atoms with E-state index in [4.69, 9.17) is 21.4 Å². The third-order valence-corrected chi connectivity index (χ3v) is 3.19. The first-order chi connectivity index (χ1) is 11.6. The molecule has 8 heteroatoms. The van der Waals surface area contributed by atoms with Crippen molar-refractivity contribution in [2.75, 3.05) is 6.61 Å². The Morgan fingerprint density at radius 1 is 1.17 bits per heavy atom. The van der Waals surface area contributed by atoms with Crippen LogP contribution in [0.2, 0.25) is 0 Å². The van der Waals surface area contributed by atoms with Crippen LogP contribution in [0.3, 0.4) is 0 Å². The summed E-state index contributed by atoms with van der Waals surface area (Å²) in [6.07, 6.45) is 2.31. The van der Waals surface area contributed by atoms with Gasteiger partial charge in [-0.3, -0.25) is 25.8 Å². The van der Waals surface area contributed by atoms with E-state index in [1.165, 1.54) is 17.9 Å². The smallest absolute Gasteiger partial charge is 0.293 e. The molecule has 126 valence electrons. The maximum atomic E-state index is 11.7. The van der Waals surface area contributed by atoms with E-state index in [1.807, 2.05) is 12.1 Å². The standard InChI is InChI=1S/C16H17N3O4S/c1-2-11-5-7-12(8-6-11)23-10-14(20)18-19-16(24)17-15(21)13-4-3-9-22-13/h3-9H,2,10H2,1H3,(H,18,20)(H2,17,19,21,24). The highest BCUT2D eigenvalue weighted by atomic mass is 32.1. The van der Waals surface area contributed by atoms with Crippen molar-refractivity contribution in [2.24, 2.45) is 0 Å². The molecule has 0 radical (unpaired) electrons. The average molecular weight is 347 g/mol. The minimum Gasteiger partial charge on any atom is -0.484 e. The van der Waals surface area contributed by atoms with Gasteiger partial charge in [0.15, 0.2) is 17.5 Å². The normalized spacial score (nSPS) is 9.88. The van der Waals surface area contributed by atoms with Crippen LogP contribution in [0.25, 0.3) is 0 Å². The SMILES string of the molecule is CCc1ccc(OCC(=O)NNC(=S)NC(=O)c2ccco2)cc1. The van der Waals surface area contributed by atoms with Crippen molar-refractivity contribution < 1.29 is 18.7 Å². The van der Waals surface area contributed by atoms with E-state index in [0.29, 0.717) is 5.75 Å². The number of amides is 2. The molecule has 0 spiro atoms. The molecule has 0 atom stereocenters. The van der Waals surface area contributed by atoms with Crippen LogP contribution in [0.15, 0.2) is 47.1 Å². The molecule has 1 aromatic heterocycles. The van der Waals surface area contributed by atoms with E-state index < -0.39 is 11.8 Å².